The van der Waals surface area contributed by atoms with Gasteiger partial charge < -0.3 is 9.47 Å². The van der Waals surface area contributed by atoms with Crippen molar-refractivity contribution in [3.63, 3.8) is 0 Å². The molecular weight excluding hydrogens is 200 g/mol. The summed E-state index contributed by atoms with van der Waals surface area (Å²) >= 11 is 0. The molecule has 2 saturated carbocycles. The van der Waals surface area contributed by atoms with Crippen LogP contribution in [0, 0.1) is 17.8 Å². The lowest BCUT2D eigenvalue weighted by atomic mass is 10.0. The molecule has 0 N–H and O–H groups in total. The molecule has 2 heteroatoms. The fourth-order valence-electron chi connectivity index (χ4n) is 3.36. The summed E-state index contributed by atoms with van der Waals surface area (Å²) in [5, 5.41) is 0. The molecule has 0 aromatic carbocycles. The first-order chi connectivity index (χ1) is 7.70. The highest BCUT2D eigenvalue weighted by atomic mass is 16.7. The predicted octanol–water partition coefficient (Wildman–Crippen LogP) is 3.35. The second-order valence-electron chi connectivity index (χ2n) is 6.36. The van der Waals surface area contributed by atoms with Gasteiger partial charge in [0.25, 0.3) is 0 Å². The fraction of sp³-hybridized carbons (Fsp3) is 1.00. The monoisotopic (exact) mass is 224 g/mol. The van der Waals surface area contributed by atoms with Crippen molar-refractivity contribution in [3.8, 4) is 0 Å². The highest BCUT2D eigenvalue weighted by molar-refractivity contribution is 5.11. The number of ether oxygens (including phenoxy) is 2. The molecule has 1 heterocycles. The van der Waals surface area contributed by atoms with Crippen molar-refractivity contribution in [1.82, 2.24) is 0 Å². The summed E-state index contributed by atoms with van der Waals surface area (Å²) < 4.78 is 11.8. The van der Waals surface area contributed by atoms with Crippen LogP contribution in [0.5, 0.6) is 0 Å². The third-order valence-electron chi connectivity index (χ3n) is 4.37. The van der Waals surface area contributed by atoms with Gasteiger partial charge in [0.2, 0.25) is 0 Å². The Bertz CT molecular complexity index is 251. The van der Waals surface area contributed by atoms with Gasteiger partial charge in [-0.3, -0.25) is 0 Å². The van der Waals surface area contributed by atoms with Gasteiger partial charge in [0.05, 0.1) is 5.60 Å². The van der Waals surface area contributed by atoms with E-state index in [-0.39, 0.29) is 11.9 Å². The molecule has 3 unspecified atom stereocenters. The maximum atomic E-state index is 6.22. The van der Waals surface area contributed by atoms with Crippen molar-refractivity contribution in [3.05, 3.63) is 0 Å². The standard InChI is InChI=1S/C14H24O2/c1-10(2)8-11-9-12(11)14(5-6-14)16-13-4-3-7-15-13/h10-13H,3-9H2,1-2H3. The van der Waals surface area contributed by atoms with Crippen LogP contribution < -0.4 is 0 Å². The molecule has 3 rings (SSSR count). The summed E-state index contributed by atoms with van der Waals surface area (Å²) in [6.07, 6.45) is 7.79. The van der Waals surface area contributed by atoms with Crippen molar-refractivity contribution in [2.24, 2.45) is 17.8 Å². The van der Waals surface area contributed by atoms with E-state index in [0.29, 0.717) is 0 Å². The predicted molar refractivity (Wildman–Crippen MR) is 63.1 cm³/mol. The molecule has 16 heavy (non-hydrogen) atoms. The van der Waals surface area contributed by atoms with Gasteiger partial charge in [0.15, 0.2) is 6.29 Å². The fourth-order valence-corrected chi connectivity index (χ4v) is 3.36. The van der Waals surface area contributed by atoms with E-state index in [1.54, 1.807) is 0 Å². The Balaban J connectivity index is 1.50. The molecule has 2 aliphatic carbocycles. The minimum atomic E-state index is 0.128. The molecule has 3 aliphatic rings. The Morgan fingerprint density at radius 1 is 1.38 bits per heavy atom. The molecule has 0 spiro atoms. The summed E-state index contributed by atoms with van der Waals surface area (Å²) in [5.74, 6) is 2.65. The quantitative estimate of drug-likeness (QED) is 0.713. The molecule has 1 saturated heterocycles. The van der Waals surface area contributed by atoms with Gasteiger partial charge in [-0.15, -0.1) is 0 Å². The molecule has 3 fully saturated rings. The van der Waals surface area contributed by atoms with Gasteiger partial charge in [0, 0.05) is 13.0 Å². The minimum absolute atomic E-state index is 0.128. The molecule has 0 amide bonds. The average Bonchev–Trinajstić information content (AvgIpc) is 3.08. The molecular formula is C14H24O2. The molecule has 3 atom stereocenters. The van der Waals surface area contributed by atoms with E-state index in [4.69, 9.17) is 9.47 Å². The van der Waals surface area contributed by atoms with Crippen LogP contribution in [-0.2, 0) is 9.47 Å². The SMILES string of the molecule is CC(C)CC1CC1C1(OC2CCCO2)CC1. The Morgan fingerprint density at radius 2 is 2.19 bits per heavy atom. The summed E-state index contributed by atoms with van der Waals surface area (Å²) in [6, 6.07) is 0. The van der Waals surface area contributed by atoms with Crippen molar-refractivity contribution in [2.75, 3.05) is 6.61 Å². The maximum Gasteiger partial charge on any atom is 0.158 e. The van der Waals surface area contributed by atoms with Gasteiger partial charge >= 0.3 is 0 Å². The first-order valence-corrected chi connectivity index (χ1v) is 6.99. The molecule has 0 radical (unpaired) electrons. The van der Waals surface area contributed by atoms with E-state index in [9.17, 15) is 0 Å². The third kappa shape index (κ3) is 2.14. The Labute approximate surface area is 98.7 Å². The van der Waals surface area contributed by atoms with Crippen LogP contribution >= 0.6 is 0 Å². The van der Waals surface area contributed by atoms with Crippen LogP contribution in [-0.4, -0.2) is 18.5 Å². The Hall–Kier alpha value is -0.0800. The summed E-state index contributed by atoms with van der Waals surface area (Å²) in [7, 11) is 0. The topological polar surface area (TPSA) is 18.5 Å². The van der Waals surface area contributed by atoms with Crippen molar-refractivity contribution in [1.29, 1.82) is 0 Å². The van der Waals surface area contributed by atoms with Crippen LogP contribution in [0.3, 0.4) is 0 Å². The van der Waals surface area contributed by atoms with Gasteiger partial charge in [-0.05, 0) is 49.9 Å². The summed E-state index contributed by atoms with van der Waals surface area (Å²) in [4.78, 5) is 0. The second kappa shape index (κ2) is 3.99. The molecule has 0 aromatic rings. The van der Waals surface area contributed by atoms with E-state index in [1.807, 2.05) is 0 Å². The number of rotatable bonds is 5. The first-order valence-electron chi connectivity index (χ1n) is 6.99. The van der Waals surface area contributed by atoms with Crippen LogP contribution in [0.1, 0.15) is 52.4 Å². The lowest BCUT2D eigenvalue weighted by Gasteiger charge is -2.21. The lowest BCUT2D eigenvalue weighted by molar-refractivity contribution is -0.162. The lowest BCUT2D eigenvalue weighted by Crippen LogP contribution is -2.25. The zero-order valence-corrected chi connectivity index (χ0v) is 10.6. The highest BCUT2D eigenvalue weighted by Crippen LogP contribution is 2.62. The van der Waals surface area contributed by atoms with Gasteiger partial charge in [-0.25, -0.2) is 0 Å². The van der Waals surface area contributed by atoms with Crippen LogP contribution in [0.25, 0.3) is 0 Å². The van der Waals surface area contributed by atoms with Crippen LogP contribution in [0.2, 0.25) is 0 Å². The molecule has 2 nitrogen and oxygen atoms in total. The maximum absolute atomic E-state index is 6.22. The van der Waals surface area contributed by atoms with Gasteiger partial charge in [0.1, 0.15) is 0 Å². The van der Waals surface area contributed by atoms with Gasteiger partial charge in [-0.2, -0.15) is 0 Å². The largest absolute Gasteiger partial charge is 0.353 e. The highest BCUT2D eigenvalue weighted by Gasteiger charge is 2.61. The van der Waals surface area contributed by atoms with E-state index in [0.717, 1.165) is 30.8 Å². The van der Waals surface area contributed by atoms with Crippen LogP contribution in [0.4, 0.5) is 0 Å². The van der Waals surface area contributed by atoms with E-state index >= 15 is 0 Å². The summed E-state index contributed by atoms with van der Waals surface area (Å²) in [6.45, 7) is 5.56. The molecule has 0 bridgehead atoms. The smallest absolute Gasteiger partial charge is 0.158 e. The zero-order chi connectivity index (χ0) is 11.2. The first kappa shape index (κ1) is 11.0. The third-order valence-corrected chi connectivity index (χ3v) is 4.37. The van der Waals surface area contributed by atoms with E-state index in [2.05, 4.69) is 13.8 Å². The van der Waals surface area contributed by atoms with Crippen LogP contribution in [0.15, 0.2) is 0 Å². The minimum Gasteiger partial charge on any atom is -0.353 e. The number of hydrogen-bond donors (Lipinski definition) is 0. The van der Waals surface area contributed by atoms with Crippen molar-refractivity contribution >= 4 is 0 Å². The Kier molecular flexibility index (Phi) is 2.75. The molecule has 1 aliphatic heterocycles. The second-order valence-corrected chi connectivity index (χ2v) is 6.36. The number of hydrogen-bond acceptors (Lipinski definition) is 2. The normalized spacial score (nSPS) is 40.3. The summed E-state index contributed by atoms with van der Waals surface area (Å²) in [5.41, 5.74) is 0.258. The van der Waals surface area contributed by atoms with E-state index < -0.39 is 0 Å². The van der Waals surface area contributed by atoms with E-state index in [1.165, 1.54) is 32.1 Å². The van der Waals surface area contributed by atoms with Gasteiger partial charge in [-0.1, -0.05) is 13.8 Å². The average molecular weight is 224 g/mol. The van der Waals surface area contributed by atoms with Crippen molar-refractivity contribution < 1.29 is 9.47 Å². The molecule has 0 aromatic heterocycles. The molecule has 92 valence electrons. The zero-order valence-electron chi connectivity index (χ0n) is 10.6. The van der Waals surface area contributed by atoms with Crippen molar-refractivity contribution in [2.45, 2.75) is 64.3 Å². The Morgan fingerprint density at radius 3 is 2.75 bits per heavy atom.